The number of piperazine rings is 1. The second kappa shape index (κ2) is 5.61. The summed E-state index contributed by atoms with van der Waals surface area (Å²) in [4.78, 5) is 3.89. The summed E-state index contributed by atoms with van der Waals surface area (Å²) in [5.41, 5.74) is 0. The monoisotopic (exact) mass is 226 g/mol. The minimum absolute atomic E-state index is 0.285. The highest BCUT2D eigenvalue weighted by molar-refractivity contribution is 7.09. The SMILES string of the molecule is OCC[C@@H]1CNCCN1Cc1cccs1. The van der Waals surface area contributed by atoms with Crippen LogP contribution >= 0.6 is 11.3 Å². The van der Waals surface area contributed by atoms with Crippen LogP contribution in [0.2, 0.25) is 0 Å². The smallest absolute Gasteiger partial charge is 0.0446 e. The highest BCUT2D eigenvalue weighted by atomic mass is 32.1. The lowest BCUT2D eigenvalue weighted by molar-refractivity contribution is 0.125. The number of rotatable bonds is 4. The van der Waals surface area contributed by atoms with Crippen molar-refractivity contribution in [3.05, 3.63) is 22.4 Å². The first-order valence-electron chi connectivity index (χ1n) is 5.48. The Morgan fingerprint density at radius 1 is 1.60 bits per heavy atom. The van der Waals surface area contributed by atoms with Gasteiger partial charge in [-0.15, -0.1) is 11.3 Å². The van der Waals surface area contributed by atoms with Crippen LogP contribution in [0.1, 0.15) is 11.3 Å². The number of aliphatic hydroxyl groups is 1. The molecule has 1 aromatic heterocycles. The maximum absolute atomic E-state index is 9.01. The fourth-order valence-corrected chi connectivity index (χ4v) is 2.78. The highest BCUT2D eigenvalue weighted by Crippen LogP contribution is 2.16. The van der Waals surface area contributed by atoms with Crippen molar-refractivity contribution in [3.63, 3.8) is 0 Å². The topological polar surface area (TPSA) is 35.5 Å². The summed E-state index contributed by atoms with van der Waals surface area (Å²) in [7, 11) is 0. The second-order valence-electron chi connectivity index (χ2n) is 3.92. The summed E-state index contributed by atoms with van der Waals surface area (Å²) < 4.78 is 0. The van der Waals surface area contributed by atoms with Gasteiger partial charge >= 0.3 is 0 Å². The van der Waals surface area contributed by atoms with Gasteiger partial charge in [-0.3, -0.25) is 4.90 Å². The molecule has 1 fully saturated rings. The van der Waals surface area contributed by atoms with Crippen molar-refractivity contribution in [3.8, 4) is 0 Å². The molecule has 0 amide bonds. The lowest BCUT2D eigenvalue weighted by Gasteiger charge is -2.35. The van der Waals surface area contributed by atoms with Crippen LogP contribution in [0.3, 0.4) is 0 Å². The molecule has 0 aromatic carbocycles. The Bertz CT molecular complexity index is 274. The predicted molar refractivity (Wildman–Crippen MR) is 63.1 cm³/mol. The van der Waals surface area contributed by atoms with Gasteiger partial charge in [0.15, 0.2) is 0 Å². The van der Waals surface area contributed by atoms with Gasteiger partial charge in [-0.1, -0.05) is 6.07 Å². The normalized spacial score (nSPS) is 23.1. The first-order chi connectivity index (χ1) is 7.40. The molecule has 3 nitrogen and oxygen atoms in total. The third-order valence-electron chi connectivity index (χ3n) is 2.87. The summed E-state index contributed by atoms with van der Waals surface area (Å²) in [5.74, 6) is 0. The van der Waals surface area contributed by atoms with Gasteiger partial charge in [0.1, 0.15) is 0 Å². The summed E-state index contributed by atoms with van der Waals surface area (Å²) in [6.45, 7) is 4.47. The van der Waals surface area contributed by atoms with Crippen LogP contribution < -0.4 is 5.32 Å². The molecule has 1 aliphatic rings. The third kappa shape index (κ3) is 3.01. The van der Waals surface area contributed by atoms with Gasteiger partial charge in [-0.05, 0) is 17.9 Å². The maximum Gasteiger partial charge on any atom is 0.0446 e. The van der Waals surface area contributed by atoms with E-state index < -0.39 is 0 Å². The van der Waals surface area contributed by atoms with Crippen LogP contribution in [-0.4, -0.2) is 42.3 Å². The van der Waals surface area contributed by atoms with E-state index in [-0.39, 0.29) is 6.61 Å². The van der Waals surface area contributed by atoms with E-state index in [0.717, 1.165) is 32.6 Å². The minimum atomic E-state index is 0.285. The average molecular weight is 226 g/mol. The zero-order chi connectivity index (χ0) is 10.5. The van der Waals surface area contributed by atoms with E-state index in [4.69, 9.17) is 5.11 Å². The van der Waals surface area contributed by atoms with Crippen molar-refractivity contribution in [1.82, 2.24) is 10.2 Å². The van der Waals surface area contributed by atoms with Crippen LogP contribution in [0.5, 0.6) is 0 Å². The van der Waals surface area contributed by atoms with Crippen LogP contribution in [0.4, 0.5) is 0 Å². The molecule has 2 N–H and O–H groups in total. The van der Waals surface area contributed by atoms with Crippen LogP contribution in [0.25, 0.3) is 0 Å². The Balaban J connectivity index is 1.92. The van der Waals surface area contributed by atoms with E-state index >= 15 is 0 Å². The summed E-state index contributed by atoms with van der Waals surface area (Å²) in [6.07, 6.45) is 0.873. The lowest BCUT2D eigenvalue weighted by Crippen LogP contribution is -2.50. The average Bonchev–Trinajstić information content (AvgIpc) is 2.74. The van der Waals surface area contributed by atoms with Gasteiger partial charge in [0.25, 0.3) is 0 Å². The van der Waals surface area contributed by atoms with Crippen molar-refractivity contribution >= 4 is 11.3 Å². The Kier molecular flexibility index (Phi) is 4.14. The Hall–Kier alpha value is -0.420. The Morgan fingerprint density at radius 3 is 3.27 bits per heavy atom. The number of aliphatic hydroxyl groups excluding tert-OH is 1. The van der Waals surface area contributed by atoms with E-state index in [2.05, 4.69) is 27.7 Å². The first kappa shape index (κ1) is 11.1. The number of thiophene rings is 1. The minimum Gasteiger partial charge on any atom is -0.396 e. The Morgan fingerprint density at radius 2 is 2.53 bits per heavy atom. The molecule has 0 unspecified atom stereocenters. The Labute approximate surface area is 94.7 Å². The van der Waals surface area contributed by atoms with Crippen LogP contribution in [-0.2, 0) is 6.54 Å². The summed E-state index contributed by atoms with van der Waals surface area (Å²) >= 11 is 1.81. The van der Waals surface area contributed by atoms with Gasteiger partial charge in [0.05, 0.1) is 0 Å². The summed E-state index contributed by atoms with van der Waals surface area (Å²) in [5, 5.41) is 14.5. The lowest BCUT2D eigenvalue weighted by atomic mass is 10.1. The number of hydrogen-bond acceptors (Lipinski definition) is 4. The van der Waals surface area contributed by atoms with Gasteiger partial charge in [0, 0.05) is 43.7 Å². The van der Waals surface area contributed by atoms with E-state index in [9.17, 15) is 0 Å². The van der Waals surface area contributed by atoms with Crippen LogP contribution in [0, 0.1) is 0 Å². The van der Waals surface area contributed by atoms with E-state index in [0.29, 0.717) is 6.04 Å². The maximum atomic E-state index is 9.01. The van der Waals surface area contributed by atoms with Crippen molar-refractivity contribution in [1.29, 1.82) is 0 Å². The van der Waals surface area contributed by atoms with E-state index in [1.807, 2.05) is 11.3 Å². The largest absolute Gasteiger partial charge is 0.396 e. The quantitative estimate of drug-likeness (QED) is 0.801. The molecule has 84 valence electrons. The van der Waals surface area contributed by atoms with Crippen LogP contribution in [0.15, 0.2) is 17.5 Å². The number of nitrogens with zero attached hydrogens (tertiary/aromatic N) is 1. The van der Waals surface area contributed by atoms with Crippen molar-refractivity contribution < 1.29 is 5.11 Å². The molecular formula is C11H18N2OS. The van der Waals surface area contributed by atoms with Crippen molar-refractivity contribution in [2.24, 2.45) is 0 Å². The second-order valence-corrected chi connectivity index (χ2v) is 4.95. The first-order valence-corrected chi connectivity index (χ1v) is 6.36. The van der Waals surface area contributed by atoms with Crippen molar-refractivity contribution in [2.75, 3.05) is 26.2 Å². The van der Waals surface area contributed by atoms with Gasteiger partial charge in [0.2, 0.25) is 0 Å². The fraction of sp³-hybridized carbons (Fsp3) is 0.636. The molecule has 2 rings (SSSR count). The van der Waals surface area contributed by atoms with Gasteiger partial charge < -0.3 is 10.4 Å². The molecule has 15 heavy (non-hydrogen) atoms. The molecule has 0 aliphatic carbocycles. The molecule has 0 bridgehead atoms. The third-order valence-corrected chi connectivity index (χ3v) is 3.73. The molecular weight excluding hydrogens is 208 g/mol. The van der Waals surface area contributed by atoms with E-state index in [1.54, 1.807) is 0 Å². The van der Waals surface area contributed by atoms with E-state index in [1.165, 1.54) is 4.88 Å². The molecule has 0 radical (unpaired) electrons. The number of hydrogen-bond donors (Lipinski definition) is 2. The number of nitrogens with one attached hydrogen (secondary N) is 1. The predicted octanol–water partition coefficient (Wildman–Crippen LogP) is 0.904. The molecule has 1 aromatic rings. The zero-order valence-corrected chi connectivity index (χ0v) is 9.67. The highest BCUT2D eigenvalue weighted by Gasteiger charge is 2.21. The summed E-state index contributed by atoms with van der Waals surface area (Å²) in [6, 6.07) is 4.78. The zero-order valence-electron chi connectivity index (χ0n) is 8.85. The molecule has 4 heteroatoms. The standard InChI is InChI=1S/C11H18N2OS/c14-6-3-10-8-12-4-5-13(10)9-11-2-1-7-15-11/h1-2,7,10,12,14H,3-6,8-9H2/t10-/m1/s1. The molecule has 1 aliphatic heterocycles. The molecule has 1 atom stereocenters. The molecule has 0 saturated carbocycles. The van der Waals surface area contributed by atoms with Crippen molar-refractivity contribution in [2.45, 2.75) is 19.0 Å². The molecule has 0 spiro atoms. The molecule has 2 heterocycles. The molecule has 1 saturated heterocycles. The van der Waals surface area contributed by atoms with Gasteiger partial charge in [-0.2, -0.15) is 0 Å². The fourth-order valence-electron chi connectivity index (χ4n) is 2.05. The van der Waals surface area contributed by atoms with Gasteiger partial charge in [-0.25, -0.2) is 0 Å².